The van der Waals surface area contributed by atoms with Gasteiger partial charge in [-0.3, -0.25) is 9.36 Å². The summed E-state index contributed by atoms with van der Waals surface area (Å²) < 4.78 is 3.99. The van der Waals surface area contributed by atoms with Crippen LogP contribution in [0.4, 0.5) is 17.2 Å². The van der Waals surface area contributed by atoms with Crippen LogP contribution in [0.25, 0.3) is 21.8 Å². The Morgan fingerprint density at radius 1 is 0.690 bits per heavy atom. The molecule has 3 aromatic heterocycles. The first-order valence-corrected chi connectivity index (χ1v) is 14.8. The van der Waals surface area contributed by atoms with Crippen LogP contribution in [0.1, 0.15) is 11.1 Å². The number of anilines is 3. The number of nitrogens with zero attached hydrogens (tertiary/aromatic N) is 6. The Kier molecular flexibility index (Phi) is 8.09. The molecule has 0 aliphatic carbocycles. The molecule has 4 aromatic carbocycles. The van der Waals surface area contributed by atoms with Gasteiger partial charge in [0.1, 0.15) is 5.82 Å². The number of hydrogen-bond acceptors (Lipinski definition) is 7. The highest BCUT2D eigenvalue weighted by atomic mass is 32.2. The first-order chi connectivity index (χ1) is 20.7. The van der Waals surface area contributed by atoms with Crippen molar-refractivity contribution >= 4 is 50.8 Å². The number of aromatic nitrogens is 6. The normalized spacial score (nSPS) is 10.9. The van der Waals surface area contributed by atoms with Crippen molar-refractivity contribution in [3.05, 3.63) is 133 Å². The average Bonchev–Trinajstić information content (AvgIpc) is 3.64. The van der Waals surface area contributed by atoms with Gasteiger partial charge in [0.25, 0.3) is 0 Å². The van der Waals surface area contributed by atoms with E-state index >= 15 is 0 Å². The van der Waals surface area contributed by atoms with E-state index in [4.69, 9.17) is 5.73 Å². The maximum atomic E-state index is 5.91. The molecule has 0 bridgehead atoms. The molecule has 8 nitrogen and oxygen atoms in total. The van der Waals surface area contributed by atoms with Crippen molar-refractivity contribution in [1.82, 2.24) is 29.5 Å². The molecule has 42 heavy (non-hydrogen) atoms. The van der Waals surface area contributed by atoms with Gasteiger partial charge in [0, 0.05) is 22.7 Å². The van der Waals surface area contributed by atoms with Crippen molar-refractivity contribution in [2.24, 2.45) is 0 Å². The topological polar surface area (TPSA) is 99.5 Å². The maximum absolute atomic E-state index is 5.91. The molecule has 7 rings (SSSR count). The zero-order chi connectivity index (χ0) is 28.7. The number of benzene rings is 4. The predicted molar refractivity (Wildman–Crippen MR) is 172 cm³/mol. The second-order valence-corrected chi connectivity index (χ2v) is 10.4. The molecule has 208 valence electrons. The van der Waals surface area contributed by atoms with Gasteiger partial charge in [0.15, 0.2) is 5.16 Å². The van der Waals surface area contributed by atoms with E-state index in [2.05, 4.69) is 55.8 Å². The van der Waals surface area contributed by atoms with E-state index in [1.54, 1.807) is 6.20 Å². The Morgan fingerprint density at radius 2 is 1.29 bits per heavy atom. The summed E-state index contributed by atoms with van der Waals surface area (Å²) in [4.78, 5) is 8.69. The molecule has 3 heterocycles. The Hall–Kier alpha value is -5.15. The summed E-state index contributed by atoms with van der Waals surface area (Å²) in [6, 6.07) is 34.6. The van der Waals surface area contributed by atoms with Crippen molar-refractivity contribution in [1.29, 1.82) is 0 Å². The van der Waals surface area contributed by atoms with Crippen LogP contribution in [0.15, 0.2) is 127 Å². The Labute approximate surface area is 248 Å². The lowest BCUT2D eigenvalue weighted by Gasteiger charge is -2.08. The second kappa shape index (κ2) is 12.6. The van der Waals surface area contributed by atoms with Crippen LogP contribution in [-0.2, 0) is 13.1 Å². The fourth-order valence-corrected chi connectivity index (χ4v) is 5.11. The number of fused-ring (bicyclic) bond motifs is 2. The van der Waals surface area contributed by atoms with Crippen LogP contribution in [0.3, 0.4) is 0 Å². The Morgan fingerprint density at radius 3 is 1.93 bits per heavy atom. The monoisotopic (exact) mass is 570 g/mol. The SMILES string of the molecule is CSc1nccc(Nc2cccc3c2cnn3Cc2ccccc2)n1.Nc1cccc2c1cnn2Cc1ccccc1. The first kappa shape index (κ1) is 27.0. The summed E-state index contributed by atoms with van der Waals surface area (Å²) in [5.41, 5.74) is 12.3. The molecule has 0 aliphatic heterocycles. The first-order valence-electron chi connectivity index (χ1n) is 13.5. The standard InChI is InChI=1S/C19H17N5S.C14H13N3/c1-25-19-20-11-10-18(23-19)22-16-8-5-9-17-15(16)12-21-24(17)13-14-6-3-2-4-7-14;15-13-7-4-8-14-12(13)9-16-17(14)10-11-5-2-1-3-6-11/h2-12H,13H2,1H3,(H,20,22,23);1-9H,10,15H2. The van der Waals surface area contributed by atoms with Gasteiger partial charge in [-0.2, -0.15) is 10.2 Å². The highest BCUT2D eigenvalue weighted by Crippen LogP contribution is 2.27. The average molecular weight is 571 g/mol. The van der Waals surface area contributed by atoms with E-state index in [1.165, 1.54) is 22.9 Å². The Balaban J connectivity index is 0.000000162. The quantitative estimate of drug-likeness (QED) is 0.121. The number of rotatable bonds is 7. The van der Waals surface area contributed by atoms with E-state index in [0.29, 0.717) is 0 Å². The highest BCUT2D eigenvalue weighted by Gasteiger charge is 2.09. The minimum Gasteiger partial charge on any atom is -0.398 e. The molecule has 0 saturated heterocycles. The van der Waals surface area contributed by atoms with Gasteiger partial charge in [-0.15, -0.1) is 0 Å². The van der Waals surface area contributed by atoms with Crippen molar-refractivity contribution in [2.45, 2.75) is 18.2 Å². The van der Waals surface area contributed by atoms with Gasteiger partial charge in [-0.05, 0) is 47.7 Å². The number of hydrogen-bond donors (Lipinski definition) is 2. The van der Waals surface area contributed by atoms with Gasteiger partial charge in [-0.25, -0.2) is 9.97 Å². The smallest absolute Gasteiger partial charge is 0.189 e. The number of nitrogens with one attached hydrogen (secondary N) is 1. The zero-order valence-corrected chi connectivity index (χ0v) is 23.9. The molecule has 0 unspecified atom stereocenters. The molecule has 0 aliphatic rings. The molecule has 0 amide bonds. The van der Waals surface area contributed by atoms with E-state index < -0.39 is 0 Å². The minimum absolute atomic E-state index is 0.747. The fraction of sp³-hybridized carbons (Fsp3) is 0.0909. The largest absolute Gasteiger partial charge is 0.398 e. The third kappa shape index (κ3) is 6.11. The van der Waals surface area contributed by atoms with Crippen LogP contribution in [0.2, 0.25) is 0 Å². The van der Waals surface area contributed by atoms with Crippen LogP contribution in [0.5, 0.6) is 0 Å². The summed E-state index contributed by atoms with van der Waals surface area (Å²) in [5, 5.41) is 15.2. The van der Waals surface area contributed by atoms with Crippen molar-refractivity contribution in [2.75, 3.05) is 17.3 Å². The summed E-state index contributed by atoms with van der Waals surface area (Å²) in [6.07, 6.45) is 7.46. The van der Waals surface area contributed by atoms with Gasteiger partial charge in [-0.1, -0.05) is 84.6 Å². The molecular formula is C33H30N8S. The lowest BCUT2D eigenvalue weighted by Crippen LogP contribution is -2.01. The lowest BCUT2D eigenvalue weighted by molar-refractivity contribution is 0.712. The van der Waals surface area contributed by atoms with Gasteiger partial charge in [0.05, 0.1) is 42.2 Å². The maximum Gasteiger partial charge on any atom is 0.189 e. The fourth-order valence-electron chi connectivity index (χ4n) is 4.75. The molecule has 0 saturated carbocycles. The predicted octanol–water partition coefficient (Wildman–Crippen LogP) is 7.01. The molecule has 0 fully saturated rings. The zero-order valence-electron chi connectivity index (χ0n) is 23.1. The second-order valence-electron chi connectivity index (χ2n) is 9.65. The summed E-state index contributed by atoms with van der Waals surface area (Å²) in [7, 11) is 0. The summed E-state index contributed by atoms with van der Waals surface area (Å²) in [5.74, 6) is 0.780. The van der Waals surface area contributed by atoms with Gasteiger partial charge < -0.3 is 11.1 Å². The van der Waals surface area contributed by atoms with Gasteiger partial charge in [0.2, 0.25) is 0 Å². The molecule has 0 radical (unpaired) electrons. The highest BCUT2D eigenvalue weighted by molar-refractivity contribution is 7.98. The van der Waals surface area contributed by atoms with Gasteiger partial charge >= 0.3 is 0 Å². The molecule has 0 atom stereocenters. The third-order valence-electron chi connectivity index (χ3n) is 6.84. The number of nitrogens with two attached hydrogens (primary N) is 1. The summed E-state index contributed by atoms with van der Waals surface area (Å²) >= 11 is 1.52. The number of thioether (sulfide) groups is 1. The lowest BCUT2D eigenvalue weighted by atomic mass is 10.2. The molecule has 7 aromatic rings. The van der Waals surface area contributed by atoms with E-state index in [0.717, 1.165) is 57.2 Å². The van der Waals surface area contributed by atoms with Crippen LogP contribution in [-0.4, -0.2) is 35.8 Å². The molecule has 9 heteroatoms. The van der Waals surface area contributed by atoms with Crippen molar-refractivity contribution in [3.8, 4) is 0 Å². The minimum atomic E-state index is 0.747. The molecule has 0 spiro atoms. The molecular weight excluding hydrogens is 540 g/mol. The van der Waals surface area contributed by atoms with E-state index in [-0.39, 0.29) is 0 Å². The van der Waals surface area contributed by atoms with Crippen molar-refractivity contribution in [3.63, 3.8) is 0 Å². The van der Waals surface area contributed by atoms with E-state index in [1.807, 2.05) is 101 Å². The third-order valence-corrected chi connectivity index (χ3v) is 7.40. The van der Waals surface area contributed by atoms with Crippen LogP contribution < -0.4 is 11.1 Å². The van der Waals surface area contributed by atoms with Crippen molar-refractivity contribution < 1.29 is 0 Å². The van der Waals surface area contributed by atoms with Crippen LogP contribution in [0, 0.1) is 0 Å². The van der Waals surface area contributed by atoms with E-state index in [9.17, 15) is 0 Å². The number of nitrogen functional groups attached to an aromatic ring is 1. The molecule has 3 N–H and O–H groups in total. The van der Waals surface area contributed by atoms with Crippen LogP contribution >= 0.6 is 11.8 Å². The Bertz CT molecular complexity index is 1920. The summed E-state index contributed by atoms with van der Waals surface area (Å²) in [6.45, 7) is 1.52.